The molecule has 0 aromatic rings. The number of cyclic esters (lactones) is 1. The van der Waals surface area contributed by atoms with Crippen LogP contribution in [0.15, 0.2) is 23.3 Å². The standard InChI is InChI=1S/C11H12O3/c1-7-2-3-10-8(5-9(12)4-7)6-14-11(10)13/h2-3,7H,4-6H2,1H3/b3-2-/t7-/m1/s1. The molecule has 1 heterocycles. The number of ketones is 1. The molecule has 1 aliphatic heterocycles. The molecule has 2 rings (SSSR count). The number of carbonyl (C=O) groups is 2. The lowest BCUT2D eigenvalue weighted by Gasteiger charge is -2.08. The molecule has 1 atom stereocenters. The Hall–Kier alpha value is -1.38. The molecule has 3 nitrogen and oxygen atoms in total. The van der Waals surface area contributed by atoms with Gasteiger partial charge in [-0.2, -0.15) is 0 Å². The van der Waals surface area contributed by atoms with E-state index in [9.17, 15) is 9.59 Å². The Labute approximate surface area is 82.4 Å². The molecule has 0 aromatic carbocycles. The number of hydrogen-bond donors (Lipinski definition) is 0. The predicted octanol–water partition coefficient (Wildman–Crippen LogP) is 1.40. The van der Waals surface area contributed by atoms with Gasteiger partial charge in [0.1, 0.15) is 12.4 Å². The molecule has 0 radical (unpaired) electrons. The highest BCUT2D eigenvalue weighted by Gasteiger charge is 2.26. The molecule has 1 aliphatic carbocycles. The third-order valence-electron chi connectivity index (χ3n) is 2.53. The molecule has 3 heteroatoms. The van der Waals surface area contributed by atoms with Gasteiger partial charge in [0.25, 0.3) is 0 Å². The summed E-state index contributed by atoms with van der Waals surface area (Å²) in [6, 6.07) is 0. The van der Waals surface area contributed by atoms with Crippen LogP contribution in [-0.4, -0.2) is 18.4 Å². The lowest BCUT2D eigenvalue weighted by Crippen LogP contribution is -2.08. The van der Waals surface area contributed by atoms with Crippen LogP contribution in [0.4, 0.5) is 0 Å². The van der Waals surface area contributed by atoms with Crippen molar-refractivity contribution < 1.29 is 14.3 Å². The number of esters is 1. The zero-order valence-electron chi connectivity index (χ0n) is 8.08. The molecule has 0 fully saturated rings. The van der Waals surface area contributed by atoms with Gasteiger partial charge in [-0.15, -0.1) is 0 Å². The quantitative estimate of drug-likeness (QED) is 0.545. The summed E-state index contributed by atoms with van der Waals surface area (Å²) in [5.41, 5.74) is 1.42. The topological polar surface area (TPSA) is 43.4 Å². The van der Waals surface area contributed by atoms with Crippen LogP contribution in [0.3, 0.4) is 0 Å². The van der Waals surface area contributed by atoms with Gasteiger partial charge in [-0.25, -0.2) is 4.79 Å². The summed E-state index contributed by atoms with van der Waals surface area (Å²) in [6.45, 7) is 2.26. The summed E-state index contributed by atoms with van der Waals surface area (Å²) >= 11 is 0. The van der Waals surface area contributed by atoms with E-state index in [1.807, 2.05) is 13.0 Å². The van der Waals surface area contributed by atoms with E-state index in [0.717, 1.165) is 5.57 Å². The zero-order chi connectivity index (χ0) is 10.1. The van der Waals surface area contributed by atoms with Gasteiger partial charge in [-0.1, -0.05) is 19.1 Å². The van der Waals surface area contributed by atoms with Crippen LogP contribution in [0.1, 0.15) is 19.8 Å². The average molecular weight is 192 g/mol. The Balaban J connectivity index is 2.34. The third kappa shape index (κ3) is 1.62. The zero-order valence-corrected chi connectivity index (χ0v) is 8.08. The summed E-state index contributed by atoms with van der Waals surface area (Å²) in [5, 5.41) is 0. The Morgan fingerprint density at radius 2 is 2.21 bits per heavy atom. The van der Waals surface area contributed by atoms with Gasteiger partial charge in [0.05, 0.1) is 5.57 Å². The monoisotopic (exact) mass is 192 g/mol. The largest absolute Gasteiger partial charge is 0.458 e. The Kier molecular flexibility index (Phi) is 2.23. The van der Waals surface area contributed by atoms with Crippen LogP contribution in [-0.2, 0) is 14.3 Å². The predicted molar refractivity (Wildman–Crippen MR) is 50.5 cm³/mol. The minimum absolute atomic E-state index is 0.188. The number of Topliss-reactive ketones (excluding diaryl/α,β-unsaturated/α-hetero) is 1. The summed E-state index contributed by atoms with van der Waals surface area (Å²) in [5.74, 6) is 0.107. The van der Waals surface area contributed by atoms with E-state index < -0.39 is 0 Å². The molecule has 74 valence electrons. The summed E-state index contributed by atoms with van der Waals surface area (Å²) < 4.78 is 4.88. The maximum absolute atomic E-state index is 11.5. The highest BCUT2D eigenvalue weighted by atomic mass is 16.5. The maximum atomic E-state index is 11.5. The van der Waals surface area contributed by atoms with Crippen molar-refractivity contribution in [3.05, 3.63) is 23.3 Å². The van der Waals surface area contributed by atoms with Crippen LogP contribution in [0.5, 0.6) is 0 Å². The van der Waals surface area contributed by atoms with Crippen LogP contribution in [0.2, 0.25) is 0 Å². The van der Waals surface area contributed by atoms with Crippen molar-refractivity contribution in [2.45, 2.75) is 19.8 Å². The fraction of sp³-hybridized carbons (Fsp3) is 0.455. The second-order valence-electron chi connectivity index (χ2n) is 3.85. The molecule has 14 heavy (non-hydrogen) atoms. The Morgan fingerprint density at radius 1 is 1.43 bits per heavy atom. The summed E-state index contributed by atoms with van der Waals surface area (Å²) in [6.07, 6.45) is 4.62. The fourth-order valence-electron chi connectivity index (χ4n) is 1.78. The van der Waals surface area contributed by atoms with Gasteiger partial charge < -0.3 is 4.74 Å². The molecule has 0 spiro atoms. The van der Waals surface area contributed by atoms with Crippen molar-refractivity contribution in [3.63, 3.8) is 0 Å². The van der Waals surface area contributed by atoms with E-state index in [4.69, 9.17) is 4.74 Å². The lowest BCUT2D eigenvalue weighted by molar-refractivity contribution is -0.135. The molecule has 0 saturated heterocycles. The number of hydrogen-bond acceptors (Lipinski definition) is 3. The van der Waals surface area contributed by atoms with E-state index in [1.54, 1.807) is 6.08 Å². The molecule has 0 bridgehead atoms. The van der Waals surface area contributed by atoms with Crippen LogP contribution in [0, 0.1) is 5.92 Å². The van der Waals surface area contributed by atoms with Crippen molar-refractivity contribution in [1.29, 1.82) is 0 Å². The van der Waals surface area contributed by atoms with Gasteiger partial charge in [-0.3, -0.25) is 4.79 Å². The minimum atomic E-state index is -0.293. The number of carbonyl (C=O) groups excluding carboxylic acids is 2. The van der Waals surface area contributed by atoms with Gasteiger partial charge in [0.15, 0.2) is 0 Å². The summed E-state index contributed by atoms with van der Waals surface area (Å²) in [4.78, 5) is 22.7. The van der Waals surface area contributed by atoms with Gasteiger partial charge in [-0.05, 0) is 11.5 Å². The highest BCUT2D eigenvalue weighted by Crippen LogP contribution is 2.24. The smallest absolute Gasteiger partial charge is 0.338 e. The van der Waals surface area contributed by atoms with Gasteiger partial charge in [0.2, 0.25) is 0 Å². The first-order valence-electron chi connectivity index (χ1n) is 4.76. The van der Waals surface area contributed by atoms with Crippen molar-refractivity contribution in [2.24, 2.45) is 5.92 Å². The molecule has 2 aliphatic rings. The highest BCUT2D eigenvalue weighted by molar-refractivity contribution is 5.97. The SMILES string of the molecule is C[C@@H]1/C=C\C2=C(COC2=O)CC(=O)C1. The number of ether oxygens (including phenoxy) is 1. The van der Waals surface area contributed by atoms with Crippen molar-refractivity contribution in [2.75, 3.05) is 6.61 Å². The van der Waals surface area contributed by atoms with Crippen molar-refractivity contribution >= 4 is 11.8 Å². The lowest BCUT2D eigenvalue weighted by atomic mass is 9.94. The second-order valence-corrected chi connectivity index (χ2v) is 3.85. The number of allylic oxidation sites excluding steroid dienone is 1. The van der Waals surface area contributed by atoms with E-state index in [1.165, 1.54) is 0 Å². The average Bonchev–Trinajstić information content (AvgIpc) is 2.41. The number of rotatable bonds is 0. The molecule has 0 aromatic heterocycles. The first kappa shape index (κ1) is 9.19. The normalized spacial score (nSPS) is 29.4. The summed E-state index contributed by atoms with van der Waals surface area (Å²) in [7, 11) is 0. The molecule has 0 saturated carbocycles. The second kappa shape index (κ2) is 3.40. The molecular formula is C11H12O3. The first-order chi connectivity index (χ1) is 6.66. The van der Waals surface area contributed by atoms with Crippen molar-refractivity contribution in [1.82, 2.24) is 0 Å². The van der Waals surface area contributed by atoms with E-state index in [-0.39, 0.29) is 17.7 Å². The van der Waals surface area contributed by atoms with Crippen LogP contribution >= 0.6 is 0 Å². The minimum Gasteiger partial charge on any atom is -0.458 e. The molecule has 0 unspecified atom stereocenters. The van der Waals surface area contributed by atoms with E-state index in [2.05, 4.69) is 0 Å². The van der Waals surface area contributed by atoms with Crippen molar-refractivity contribution in [3.8, 4) is 0 Å². The Bertz CT molecular complexity index is 350. The molecule has 0 amide bonds. The third-order valence-corrected chi connectivity index (χ3v) is 2.53. The molecular weight excluding hydrogens is 180 g/mol. The van der Waals surface area contributed by atoms with Gasteiger partial charge in [0, 0.05) is 12.8 Å². The van der Waals surface area contributed by atoms with Crippen LogP contribution < -0.4 is 0 Å². The van der Waals surface area contributed by atoms with E-state index in [0.29, 0.717) is 25.0 Å². The van der Waals surface area contributed by atoms with Crippen LogP contribution in [0.25, 0.3) is 0 Å². The molecule has 0 N–H and O–H groups in total. The maximum Gasteiger partial charge on any atom is 0.338 e. The first-order valence-corrected chi connectivity index (χ1v) is 4.76. The Morgan fingerprint density at radius 3 is 3.00 bits per heavy atom. The fourth-order valence-corrected chi connectivity index (χ4v) is 1.78. The van der Waals surface area contributed by atoms with Gasteiger partial charge >= 0.3 is 5.97 Å². The van der Waals surface area contributed by atoms with E-state index >= 15 is 0 Å².